The van der Waals surface area contributed by atoms with Crippen LogP contribution in [0.1, 0.15) is 16.1 Å². The quantitative estimate of drug-likeness (QED) is 0.901. The Kier molecular flexibility index (Phi) is 3.33. The second-order valence-corrected chi connectivity index (χ2v) is 4.54. The lowest BCUT2D eigenvalue weighted by Crippen LogP contribution is -2.13. The lowest BCUT2D eigenvalue weighted by atomic mass is 10.1. The molecule has 0 atom stereocenters. The number of halogens is 1. The fourth-order valence-electron chi connectivity index (χ4n) is 1.60. The number of aryl methyl sites for hydroxylation is 1. The Bertz CT molecular complexity index is 609. The number of carbonyl (C=O) groups is 1. The molecule has 3 N–H and O–H groups in total. The summed E-state index contributed by atoms with van der Waals surface area (Å²) in [6, 6.07) is 3.66. The average Bonchev–Trinajstić information content (AvgIpc) is 2.81. The molecule has 1 amide bonds. The summed E-state index contributed by atoms with van der Waals surface area (Å²) in [6.07, 6.45) is 0. The number of nitrogens with two attached hydrogens (primary N) is 1. The summed E-state index contributed by atoms with van der Waals surface area (Å²) in [7, 11) is 1.55. The molecule has 0 spiro atoms. The number of nitrogens with one attached hydrogen (secondary N) is 1. The molecule has 0 aliphatic rings. The van der Waals surface area contributed by atoms with Gasteiger partial charge in [0.05, 0.1) is 7.11 Å². The van der Waals surface area contributed by atoms with Crippen molar-refractivity contribution in [2.24, 2.45) is 5.73 Å². The van der Waals surface area contributed by atoms with Crippen molar-refractivity contribution in [1.82, 2.24) is 15.4 Å². The van der Waals surface area contributed by atoms with Crippen molar-refractivity contribution in [3.63, 3.8) is 0 Å². The Balaban J connectivity index is 2.66. The topological polar surface area (TPSA) is 93.9 Å². The van der Waals surface area contributed by atoms with Crippen LogP contribution in [0.2, 0.25) is 0 Å². The van der Waals surface area contributed by atoms with Gasteiger partial charge in [-0.1, -0.05) is 15.9 Å². The van der Waals surface area contributed by atoms with Gasteiger partial charge in [0.15, 0.2) is 5.69 Å². The number of hydrogen-bond donors (Lipinski definition) is 2. The van der Waals surface area contributed by atoms with Crippen molar-refractivity contribution in [1.29, 1.82) is 0 Å². The molecule has 2 rings (SSSR count). The first kappa shape index (κ1) is 12.6. The maximum Gasteiger partial charge on any atom is 0.271 e. The smallest absolute Gasteiger partial charge is 0.271 e. The standard InChI is InChI=1S/C11H11BrN4O2/c1-5-3-8(18-2)6(4-7(5)12)9-10(11(13)17)15-16-14-9/h3-4H,1-2H3,(H2,13,17)(H,14,15,16). The van der Waals surface area contributed by atoms with Gasteiger partial charge in [-0.05, 0) is 24.6 Å². The van der Waals surface area contributed by atoms with Crippen LogP contribution in [0.25, 0.3) is 11.3 Å². The first-order valence-corrected chi connectivity index (χ1v) is 5.89. The van der Waals surface area contributed by atoms with Gasteiger partial charge in [0.1, 0.15) is 11.4 Å². The van der Waals surface area contributed by atoms with E-state index < -0.39 is 5.91 Å². The molecule has 6 nitrogen and oxygen atoms in total. The highest BCUT2D eigenvalue weighted by molar-refractivity contribution is 9.10. The van der Waals surface area contributed by atoms with E-state index in [0.717, 1.165) is 10.0 Å². The Hall–Kier alpha value is -1.89. The van der Waals surface area contributed by atoms with Crippen molar-refractivity contribution in [2.45, 2.75) is 6.92 Å². The van der Waals surface area contributed by atoms with Crippen molar-refractivity contribution in [3.05, 3.63) is 27.9 Å². The molecule has 94 valence electrons. The first-order valence-electron chi connectivity index (χ1n) is 5.09. The summed E-state index contributed by atoms with van der Waals surface area (Å²) < 4.78 is 6.17. The lowest BCUT2D eigenvalue weighted by Gasteiger charge is -2.09. The van der Waals surface area contributed by atoms with E-state index in [1.165, 1.54) is 0 Å². The van der Waals surface area contributed by atoms with Crippen LogP contribution in [0.5, 0.6) is 5.75 Å². The third kappa shape index (κ3) is 2.08. The fraction of sp³-hybridized carbons (Fsp3) is 0.182. The molecule has 18 heavy (non-hydrogen) atoms. The van der Waals surface area contributed by atoms with Gasteiger partial charge in [0.2, 0.25) is 0 Å². The highest BCUT2D eigenvalue weighted by atomic mass is 79.9. The van der Waals surface area contributed by atoms with Gasteiger partial charge in [0.25, 0.3) is 5.91 Å². The number of carbonyl (C=O) groups excluding carboxylic acids is 1. The second-order valence-electron chi connectivity index (χ2n) is 3.69. The maximum absolute atomic E-state index is 11.3. The zero-order chi connectivity index (χ0) is 13.3. The Morgan fingerprint density at radius 1 is 1.44 bits per heavy atom. The number of methoxy groups -OCH3 is 1. The molecule has 2 aromatic rings. The van der Waals surface area contributed by atoms with Crippen molar-refractivity contribution in [3.8, 4) is 17.0 Å². The van der Waals surface area contributed by atoms with Gasteiger partial charge in [-0.3, -0.25) is 4.79 Å². The van der Waals surface area contributed by atoms with E-state index in [9.17, 15) is 4.79 Å². The van der Waals surface area contributed by atoms with Gasteiger partial charge < -0.3 is 10.5 Å². The number of ether oxygens (including phenoxy) is 1. The van der Waals surface area contributed by atoms with Gasteiger partial charge in [-0.2, -0.15) is 15.4 Å². The number of primary amides is 1. The summed E-state index contributed by atoms with van der Waals surface area (Å²) in [5.41, 5.74) is 7.37. The van der Waals surface area contributed by atoms with E-state index in [1.807, 2.05) is 19.1 Å². The molecule has 1 aromatic carbocycles. The van der Waals surface area contributed by atoms with Gasteiger partial charge >= 0.3 is 0 Å². The molecular formula is C11H11BrN4O2. The summed E-state index contributed by atoms with van der Waals surface area (Å²) in [6.45, 7) is 1.94. The fourth-order valence-corrected chi connectivity index (χ4v) is 1.94. The SMILES string of the molecule is COc1cc(C)c(Br)cc1-c1n[nH]nc1C(N)=O. The Labute approximate surface area is 112 Å². The predicted octanol–water partition coefficient (Wildman–Crippen LogP) is 1.65. The number of nitrogens with zero attached hydrogens (tertiary/aromatic N) is 2. The van der Waals surface area contributed by atoms with E-state index in [2.05, 4.69) is 31.3 Å². The van der Waals surface area contributed by atoms with E-state index in [1.54, 1.807) is 7.11 Å². The third-order valence-electron chi connectivity index (χ3n) is 2.52. The largest absolute Gasteiger partial charge is 0.496 e. The monoisotopic (exact) mass is 310 g/mol. The van der Waals surface area contributed by atoms with Crippen molar-refractivity contribution >= 4 is 21.8 Å². The van der Waals surface area contributed by atoms with Gasteiger partial charge in [-0.15, -0.1) is 0 Å². The molecule has 0 radical (unpaired) electrons. The number of amides is 1. The zero-order valence-electron chi connectivity index (χ0n) is 9.82. The molecule has 0 bridgehead atoms. The molecule has 0 aliphatic carbocycles. The first-order chi connectivity index (χ1) is 8.54. The molecule has 1 aromatic heterocycles. The van der Waals surface area contributed by atoms with Gasteiger partial charge in [0, 0.05) is 10.0 Å². The van der Waals surface area contributed by atoms with Gasteiger partial charge in [-0.25, -0.2) is 0 Å². The van der Waals surface area contributed by atoms with Crippen LogP contribution < -0.4 is 10.5 Å². The zero-order valence-corrected chi connectivity index (χ0v) is 11.4. The number of benzene rings is 1. The highest BCUT2D eigenvalue weighted by Gasteiger charge is 2.19. The van der Waals surface area contributed by atoms with Crippen LogP contribution >= 0.6 is 15.9 Å². The number of hydrogen-bond acceptors (Lipinski definition) is 4. The number of H-pyrrole nitrogens is 1. The average molecular weight is 311 g/mol. The molecular weight excluding hydrogens is 300 g/mol. The summed E-state index contributed by atoms with van der Waals surface area (Å²) in [5.74, 6) is -0.0374. The summed E-state index contributed by atoms with van der Waals surface area (Å²) >= 11 is 3.43. The summed E-state index contributed by atoms with van der Waals surface area (Å²) in [4.78, 5) is 11.3. The molecule has 0 saturated heterocycles. The highest BCUT2D eigenvalue weighted by Crippen LogP contribution is 2.34. The lowest BCUT2D eigenvalue weighted by molar-refractivity contribution is 0.0996. The van der Waals surface area contributed by atoms with E-state index in [0.29, 0.717) is 17.0 Å². The Morgan fingerprint density at radius 2 is 2.17 bits per heavy atom. The summed E-state index contributed by atoms with van der Waals surface area (Å²) in [5, 5.41) is 10.1. The molecule has 0 unspecified atom stereocenters. The second kappa shape index (κ2) is 4.77. The van der Waals surface area contributed by atoms with Crippen LogP contribution in [0.4, 0.5) is 0 Å². The molecule has 7 heteroatoms. The molecule has 0 aliphatic heterocycles. The van der Waals surface area contributed by atoms with Crippen LogP contribution in [-0.4, -0.2) is 28.4 Å². The van der Waals surface area contributed by atoms with Crippen LogP contribution in [0, 0.1) is 6.92 Å². The Morgan fingerprint density at radius 3 is 2.78 bits per heavy atom. The molecule has 1 heterocycles. The van der Waals surface area contributed by atoms with E-state index in [-0.39, 0.29) is 5.69 Å². The van der Waals surface area contributed by atoms with Crippen molar-refractivity contribution in [2.75, 3.05) is 7.11 Å². The van der Waals surface area contributed by atoms with E-state index >= 15 is 0 Å². The predicted molar refractivity (Wildman–Crippen MR) is 69.3 cm³/mol. The van der Waals surface area contributed by atoms with Crippen molar-refractivity contribution < 1.29 is 9.53 Å². The van der Waals surface area contributed by atoms with Crippen LogP contribution in [0.15, 0.2) is 16.6 Å². The van der Waals surface area contributed by atoms with E-state index in [4.69, 9.17) is 10.5 Å². The number of rotatable bonds is 3. The minimum atomic E-state index is -0.641. The normalized spacial score (nSPS) is 10.4. The number of aromatic amines is 1. The minimum Gasteiger partial charge on any atom is -0.496 e. The van der Waals surface area contributed by atoms with Crippen LogP contribution in [0.3, 0.4) is 0 Å². The number of aromatic nitrogens is 3. The molecule has 0 fully saturated rings. The maximum atomic E-state index is 11.3. The third-order valence-corrected chi connectivity index (χ3v) is 3.37. The van der Waals surface area contributed by atoms with Crippen LogP contribution in [-0.2, 0) is 0 Å². The minimum absolute atomic E-state index is 0.0871. The molecule has 0 saturated carbocycles.